The number of carbonyl (C=O) groups is 1. The van der Waals surface area contributed by atoms with Crippen LogP contribution in [0.15, 0.2) is 24.3 Å². The Morgan fingerprint density at radius 3 is 2.88 bits per heavy atom. The lowest BCUT2D eigenvalue weighted by Gasteiger charge is -2.06. The maximum atomic E-state index is 10.7. The number of hydrogen-bond acceptors (Lipinski definition) is 2. The lowest BCUT2D eigenvalue weighted by molar-refractivity contribution is -0.136. The molecule has 92 valence electrons. The molecule has 0 amide bonds. The second kappa shape index (κ2) is 6.97. The summed E-state index contributed by atoms with van der Waals surface area (Å²) in [6, 6.07) is 5.35. The summed E-state index contributed by atoms with van der Waals surface area (Å²) in [4.78, 5) is 10.7. The van der Waals surface area contributed by atoms with Crippen molar-refractivity contribution in [2.24, 2.45) is 0 Å². The zero-order chi connectivity index (χ0) is 12.7. The first kappa shape index (κ1) is 13.6. The van der Waals surface area contributed by atoms with Gasteiger partial charge in [0.2, 0.25) is 0 Å². The molecule has 0 aliphatic heterocycles. The van der Waals surface area contributed by atoms with Crippen LogP contribution in [0.1, 0.15) is 17.5 Å². The van der Waals surface area contributed by atoms with Gasteiger partial charge in [0.15, 0.2) is 0 Å². The van der Waals surface area contributed by atoms with Gasteiger partial charge < -0.3 is 9.84 Å². The van der Waals surface area contributed by atoms with E-state index in [0.717, 1.165) is 17.5 Å². The molecular formula is C13H15ClO3. The molecule has 3 nitrogen and oxygen atoms in total. The highest BCUT2D eigenvalue weighted by molar-refractivity contribution is 6.17. The molecule has 0 saturated heterocycles. The topological polar surface area (TPSA) is 46.5 Å². The number of alkyl halides is 1. The molecule has 0 aromatic heterocycles. The Morgan fingerprint density at radius 1 is 1.53 bits per heavy atom. The standard InChI is InChI=1S/C13H15ClO3/c1-17-12-6-5-11(9-13(15)16)10(8-12)4-2-3-7-14/h2,4-6,8H,3,7,9H2,1H3,(H,15,16). The lowest BCUT2D eigenvalue weighted by Crippen LogP contribution is -2.02. The number of hydrogen-bond donors (Lipinski definition) is 1. The fourth-order valence-electron chi connectivity index (χ4n) is 1.45. The summed E-state index contributed by atoms with van der Waals surface area (Å²) in [5.41, 5.74) is 1.63. The third-order valence-corrected chi connectivity index (χ3v) is 2.49. The molecule has 0 aliphatic rings. The average Bonchev–Trinajstić information content (AvgIpc) is 2.30. The van der Waals surface area contributed by atoms with E-state index in [2.05, 4.69) is 0 Å². The van der Waals surface area contributed by atoms with Crippen LogP contribution < -0.4 is 4.74 Å². The number of carboxylic acid groups (broad SMARTS) is 1. The van der Waals surface area contributed by atoms with Gasteiger partial charge in [0.25, 0.3) is 0 Å². The number of allylic oxidation sites excluding steroid dienone is 1. The summed E-state index contributed by atoms with van der Waals surface area (Å²) in [5, 5.41) is 8.81. The number of halogens is 1. The highest BCUT2D eigenvalue weighted by Crippen LogP contribution is 2.20. The summed E-state index contributed by atoms with van der Waals surface area (Å²) in [6.07, 6.45) is 4.56. The molecule has 0 bridgehead atoms. The number of aliphatic carboxylic acids is 1. The summed E-state index contributed by atoms with van der Waals surface area (Å²) in [7, 11) is 1.58. The molecule has 1 rings (SSSR count). The van der Waals surface area contributed by atoms with E-state index < -0.39 is 5.97 Å². The smallest absolute Gasteiger partial charge is 0.307 e. The van der Waals surface area contributed by atoms with Crippen molar-refractivity contribution in [2.75, 3.05) is 13.0 Å². The SMILES string of the molecule is COc1ccc(CC(=O)O)c(C=CCCCl)c1. The molecule has 1 aromatic carbocycles. The quantitative estimate of drug-likeness (QED) is 0.794. The Morgan fingerprint density at radius 2 is 2.29 bits per heavy atom. The molecule has 0 aliphatic carbocycles. The predicted molar refractivity (Wildman–Crippen MR) is 68.7 cm³/mol. The average molecular weight is 255 g/mol. The van der Waals surface area contributed by atoms with Crippen LogP contribution in [0.5, 0.6) is 5.75 Å². The minimum atomic E-state index is -0.845. The van der Waals surface area contributed by atoms with Crippen LogP contribution in [0.4, 0.5) is 0 Å². The van der Waals surface area contributed by atoms with E-state index in [9.17, 15) is 4.79 Å². The molecule has 0 heterocycles. The molecule has 0 spiro atoms. The van der Waals surface area contributed by atoms with Gasteiger partial charge in [-0.05, 0) is 29.7 Å². The first-order valence-electron chi connectivity index (χ1n) is 5.28. The third-order valence-electron chi connectivity index (χ3n) is 2.27. The molecule has 0 unspecified atom stereocenters. The van der Waals surface area contributed by atoms with Gasteiger partial charge in [0.05, 0.1) is 13.5 Å². The van der Waals surface area contributed by atoms with Crippen LogP contribution in [0.3, 0.4) is 0 Å². The van der Waals surface area contributed by atoms with Crippen molar-refractivity contribution in [3.63, 3.8) is 0 Å². The van der Waals surface area contributed by atoms with Crippen molar-refractivity contribution in [3.8, 4) is 5.75 Å². The summed E-state index contributed by atoms with van der Waals surface area (Å²) >= 11 is 5.58. The second-order valence-electron chi connectivity index (χ2n) is 3.52. The predicted octanol–water partition coefficient (Wildman–Crippen LogP) is 2.96. The zero-order valence-electron chi connectivity index (χ0n) is 9.65. The van der Waals surface area contributed by atoms with Crippen molar-refractivity contribution >= 4 is 23.6 Å². The van der Waals surface area contributed by atoms with Crippen LogP contribution in [-0.4, -0.2) is 24.1 Å². The summed E-state index contributed by atoms with van der Waals surface area (Å²) in [6.45, 7) is 0. The van der Waals surface area contributed by atoms with Gasteiger partial charge in [0, 0.05) is 5.88 Å². The molecule has 0 atom stereocenters. The van der Waals surface area contributed by atoms with E-state index in [-0.39, 0.29) is 6.42 Å². The first-order valence-corrected chi connectivity index (χ1v) is 5.82. The minimum absolute atomic E-state index is 0.00451. The number of carboxylic acids is 1. The number of methoxy groups -OCH3 is 1. The number of rotatable bonds is 6. The Kier molecular flexibility index (Phi) is 5.57. The fourth-order valence-corrected chi connectivity index (χ4v) is 1.58. The largest absolute Gasteiger partial charge is 0.497 e. The van der Waals surface area contributed by atoms with Gasteiger partial charge in [-0.25, -0.2) is 0 Å². The molecule has 0 fully saturated rings. The van der Waals surface area contributed by atoms with Crippen LogP contribution in [0, 0.1) is 0 Å². The van der Waals surface area contributed by atoms with E-state index in [0.29, 0.717) is 11.6 Å². The summed E-state index contributed by atoms with van der Waals surface area (Å²) < 4.78 is 5.11. The highest BCUT2D eigenvalue weighted by Gasteiger charge is 2.06. The maximum absolute atomic E-state index is 10.7. The lowest BCUT2D eigenvalue weighted by atomic mass is 10.0. The van der Waals surface area contributed by atoms with E-state index >= 15 is 0 Å². The zero-order valence-corrected chi connectivity index (χ0v) is 10.4. The van der Waals surface area contributed by atoms with Gasteiger partial charge in [0.1, 0.15) is 5.75 Å². The third kappa shape index (κ3) is 4.49. The molecule has 17 heavy (non-hydrogen) atoms. The van der Waals surface area contributed by atoms with E-state index in [1.165, 1.54) is 0 Å². The number of benzene rings is 1. The first-order chi connectivity index (χ1) is 8.17. The normalized spacial score (nSPS) is 10.7. The number of ether oxygens (including phenoxy) is 1. The molecule has 0 radical (unpaired) electrons. The van der Waals surface area contributed by atoms with Gasteiger partial charge in [-0.3, -0.25) is 4.79 Å². The molecule has 1 aromatic rings. The van der Waals surface area contributed by atoms with Crippen LogP contribution >= 0.6 is 11.6 Å². The monoisotopic (exact) mass is 254 g/mol. The van der Waals surface area contributed by atoms with E-state index in [1.54, 1.807) is 19.2 Å². The Hall–Kier alpha value is -1.48. The van der Waals surface area contributed by atoms with Gasteiger partial charge in [-0.15, -0.1) is 11.6 Å². The minimum Gasteiger partial charge on any atom is -0.497 e. The molecule has 0 saturated carbocycles. The van der Waals surface area contributed by atoms with E-state index in [4.69, 9.17) is 21.4 Å². The Balaban J connectivity index is 2.98. The van der Waals surface area contributed by atoms with E-state index in [1.807, 2.05) is 18.2 Å². The summed E-state index contributed by atoms with van der Waals surface area (Å²) in [5.74, 6) is 0.418. The fraction of sp³-hybridized carbons (Fsp3) is 0.308. The van der Waals surface area contributed by atoms with Crippen molar-refractivity contribution < 1.29 is 14.6 Å². The maximum Gasteiger partial charge on any atom is 0.307 e. The van der Waals surface area contributed by atoms with Gasteiger partial charge in [-0.1, -0.05) is 18.2 Å². The van der Waals surface area contributed by atoms with Crippen molar-refractivity contribution in [2.45, 2.75) is 12.8 Å². The Labute approximate surface area is 106 Å². The van der Waals surface area contributed by atoms with Gasteiger partial charge >= 0.3 is 5.97 Å². The molecular weight excluding hydrogens is 240 g/mol. The molecule has 4 heteroatoms. The van der Waals surface area contributed by atoms with Crippen LogP contribution in [-0.2, 0) is 11.2 Å². The van der Waals surface area contributed by atoms with Crippen molar-refractivity contribution in [1.29, 1.82) is 0 Å². The Bertz CT molecular complexity index is 413. The van der Waals surface area contributed by atoms with Crippen LogP contribution in [0.25, 0.3) is 6.08 Å². The van der Waals surface area contributed by atoms with Crippen molar-refractivity contribution in [1.82, 2.24) is 0 Å². The van der Waals surface area contributed by atoms with Gasteiger partial charge in [-0.2, -0.15) is 0 Å². The van der Waals surface area contributed by atoms with Crippen LogP contribution in [0.2, 0.25) is 0 Å². The highest BCUT2D eigenvalue weighted by atomic mass is 35.5. The second-order valence-corrected chi connectivity index (χ2v) is 3.89. The molecule has 1 N–H and O–H groups in total. The van der Waals surface area contributed by atoms with Crippen molar-refractivity contribution in [3.05, 3.63) is 35.4 Å².